The number of carbonyl (C=O) groups is 2. The van der Waals surface area contributed by atoms with Gasteiger partial charge in [-0.2, -0.15) is 8.78 Å². The summed E-state index contributed by atoms with van der Waals surface area (Å²) in [6.45, 7) is 0.245. The maximum Gasteiger partial charge on any atom is 0.327 e. The highest BCUT2D eigenvalue weighted by molar-refractivity contribution is 5.86. The van der Waals surface area contributed by atoms with Crippen LogP contribution >= 0.6 is 0 Å². The number of unbranched alkanes of at least 4 members (excludes halogenated alkanes) is 4. The maximum atomic E-state index is 14.0. The lowest BCUT2D eigenvalue weighted by atomic mass is 10.0. The van der Waals surface area contributed by atoms with Crippen molar-refractivity contribution in [1.82, 2.24) is 4.90 Å². The Morgan fingerprint density at radius 2 is 1.91 bits per heavy atom. The van der Waals surface area contributed by atoms with Gasteiger partial charge in [0, 0.05) is 19.4 Å². The molecule has 1 aliphatic heterocycles. The number of esters is 1. The van der Waals surface area contributed by atoms with Crippen LogP contribution in [0.5, 0.6) is 0 Å². The van der Waals surface area contributed by atoms with Gasteiger partial charge in [-0.1, -0.05) is 61.7 Å². The van der Waals surface area contributed by atoms with E-state index in [0.29, 0.717) is 25.7 Å². The fourth-order valence-electron chi connectivity index (χ4n) is 3.95. The van der Waals surface area contributed by atoms with Crippen molar-refractivity contribution in [3.63, 3.8) is 0 Å². The van der Waals surface area contributed by atoms with E-state index in [-0.39, 0.29) is 12.5 Å². The standard InChI is InChI=1S/C25H35F2NO4/c1-32-23(30)15-7-2-3-10-18-28-21(19-25(26,27)24(28)31)16-17-22(29)14-9-8-13-20-11-5-4-6-12-20/h4-6,11-12,16-17,21-22,29H,2-3,7-10,13-15,18-19H2,1H3. The molecule has 0 bridgehead atoms. The summed E-state index contributed by atoms with van der Waals surface area (Å²) in [7, 11) is 1.34. The summed E-state index contributed by atoms with van der Waals surface area (Å²) in [5, 5.41) is 10.2. The second-order valence-corrected chi connectivity index (χ2v) is 8.40. The third-order valence-corrected chi connectivity index (χ3v) is 5.81. The number of alkyl halides is 2. The first-order chi connectivity index (χ1) is 15.3. The van der Waals surface area contributed by atoms with Crippen LogP contribution in [0.4, 0.5) is 8.78 Å². The first-order valence-corrected chi connectivity index (χ1v) is 11.5. The van der Waals surface area contributed by atoms with E-state index in [2.05, 4.69) is 16.9 Å². The van der Waals surface area contributed by atoms with Gasteiger partial charge in [0.2, 0.25) is 0 Å². The number of aryl methyl sites for hydroxylation is 1. The Kier molecular flexibility index (Phi) is 10.8. The normalized spacial score (nSPS) is 18.9. The molecule has 1 aromatic rings. The molecule has 0 radical (unpaired) electrons. The zero-order chi connectivity index (χ0) is 23.4. The van der Waals surface area contributed by atoms with E-state index in [1.165, 1.54) is 17.6 Å². The zero-order valence-electron chi connectivity index (χ0n) is 18.8. The molecule has 0 spiro atoms. The zero-order valence-corrected chi connectivity index (χ0v) is 18.8. The first kappa shape index (κ1) is 26.0. The molecule has 1 N–H and O–H groups in total. The lowest BCUT2D eigenvalue weighted by molar-refractivity contribution is -0.148. The molecule has 0 aromatic heterocycles. The van der Waals surface area contributed by atoms with Crippen molar-refractivity contribution in [1.29, 1.82) is 0 Å². The fraction of sp³-hybridized carbons (Fsp3) is 0.600. The molecule has 2 atom stereocenters. The van der Waals surface area contributed by atoms with Gasteiger partial charge in [-0.15, -0.1) is 0 Å². The number of likely N-dealkylation sites (tertiary alicyclic amines) is 1. The number of ether oxygens (including phenoxy) is 1. The van der Waals surface area contributed by atoms with Crippen LogP contribution in [0.3, 0.4) is 0 Å². The van der Waals surface area contributed by atoms with Gasteiger partial charge in [-0.3, -0.25) is 9.59 Å². The minimum absolute atomic E-state index is 0.245. The second kappa shape index (κ2) is 13.3. The number of halogens is 2. The fourth-order valence-corrected chi connectivity index (χ4v) is 3.95. The quantitative estimate of drug-likeness (QED) is 0.253. The average molecular weight is 452 g/mol. The molecule has 1 amide bonds. The average Bonchev–Trinajstić information content (AvgIpc) is 3.00. The summed E-state index contributed by atoms with van der Waals surface area (Å²) in [6, 6.07) is 9.41. The van der Waals surface area contributed by atoms with Crippen LogP contribution in [-0.2, 0) is 20.7 Å². The molecule has 2 rings (SSSR count). The SMILES string of the molecule is COC(=O)CCCCCCN1C(=O)C(F)(F)CC1C=CC(O)CCCCc1ccccc1. The van der Waals surface area contributed by atoms with E-state index >= 15 is 0 Å². The van der Waals surface area contributed by atoms with Gasteiger partial charge in [0.1, 0.15) is 0 Å². The van der Waals surface area contributed by atoms with Crippen molar-refractivity contribution < 1.29 is 28.2 Å². The summed E-state index contributed by atoms with van der Waals surface area (Å²) in [6.07, 6.45) is 8.23. The Hall–Kier alpha value is -2.28. The van der Waals surface area contributed by atoms with Crippen LogP contribution in [0, 0.1) is 0 Å². The highest BCUT2D eigenvalue weighted by atomic mass is 19.3. The van der Waals surface area contributed by atoms with Crippen LogP contribution in [-0.4, -0.2) is 53.6 Å². The van der Waals surface area contributed by atoms with Crippen LogP contribution in [0.2, 0.25) is 0 Å². The van der Waals surface area contributed by atoms with E-state index in [1.54, 1.807) is 12.2 Å². The summed E-state index contributed by atoms with van der Waals surface area (Å²) in [5.74, 6) is -4.76. The maximum absolute atomic E-state index is 14.0. The molecular formula is C25H35F2NO4. The van der Waals surface area contributed by atoms with Crippen molar-refractivity contribution in [2.75, 3.05) is 13.7 Å². The molecule has 5 nitrogen and oxygen atoms in total. The number of nitrogens with zero attached hydrogens (tertiary/aromatic N) is 1. The lowest BCUT2D eigenvalue weighted by Crippen LogP contribution is -2.36. The molecule has 0 aliphatic carbocycles. The summed E-state index contributed by atoms with van der Waals surface area (Å²) in [4.78, 5) is 24.4. The van der Waals surface area contributed by atoms with Gasteiger partial charge in [0.05, 0.1) is 19.3 Å². The predicted octanol–water partition coefficient (Wildman–Crippen LogP) is 4.68. The molecule has 1 aliphatic rings. The van der Waals surface area contributed by atoms with Crippen LogP contribution in [0.1, 0.15) is 63.4 Å². The molecule has 32 heavy (non-hydrogen) atoms. The van der Waals surface area contributed by atoms with Crippen molar-refractivity contribution in [3.8, 4) is 0 Å². The number of amides is 1. The van der Waals surface area contributed by atoms with Gasteiger partial charge >= 0.3 is 11.9 Å². The molecule has 1 fully saturated rings. The number of carbonyl (C=O) groups excluding carboxylic acids is 2. The number of methoxy groups -OCH3 is 1. The van der Waals surface area contributed by atoms with Gasteiger partial charge < -0.3 is 14.7 Å². The number of hydrogen-bond acceptors (Lipinski definition) is 4. The highest BCUT2D eigenvalue weighted by Crippen LogP contribution is 2.34. The van der Waals surface area contributed by atoms with Gasteiger partial charge in [0.15, 0.2) is 0 Å². The molecule has 2 unspecified atom stereocenters. The number of aliphatic hydroxyl groups is 1. The van der Waals surface area contributed by atoms with Crippen LogP contribution in [0.25, 0.3) is 0 Å². The Balaban J connectivity index is 1.73. The molecule has 0 saturated carbocycles. The molecule has 1 saturated heterocycles. The topological polar surface area (TPSA) is 66.8 Å². The Labute approximate surface area is 189 Å². The van der Waals surface area contributed by atoms with Gasteiger partial charge in [-0.25, -0.2) is 0 Å². The first-order valence-electron chi connectivity index (χ1n) is 11.5. The number of hydrogen-bond donors (Lipinski definition) is 1. The van der Waals surface area contributed by atoms with Crippen molar-refractivity contribution in [2.24, 2.45) is 0 Å². The molecular weight excluding hydrogens is 416 g/mol. The largest absolute Gasteiger partial charge is 0.469 e. The van der Waals surface area contributed by atoms with Crippen molar-refractivity contribution in [3.05, 3.63) is 48.0 Å². The third-order valence-electron chi connectivity index (χ3n) is 5.81. The van der Waals surface area contributed by atoms with Crippen molar-refractivity contribution in [2.45, 2.75) is 82.3 Å². The number of aliphatic hydroxyl groups excluding tert-OH is 1. The van der Waals surface area contributed by atoms with E-state index < -0.39 is 30.4 Å². The van der Waals surface area contributed by atoms with Crippen molar-refractivity contribution >= 4 is 11.9 Å². The monoisotopic (exact) mass is 451 g/mol. The minimum atomic E-state index is -3.36. The molecule has 178 valence electrons. The third kappa shape index (κ3) is 8.69. The summed E-state index contributed by atoms with van der Waals surface area (Å²) < 4.78 is 32.6. The van der Waals surface area contributed by atoms with E-state index in [4.69, 9.17) is 0 Å². The Bertz CT molecular complexity index is 739. The van der Waals surface area contributed by atoms with Crippen LogP contribution in [0.15, 0.2) is 42.5 Å². The smallest absolute Gasteiger partial charge is 0.327 e. The summed E-state index contributed by atoms with van der Waals surface area (Å²) in [5.41, 5.74) is 1.25. The van der Waals surface area contributed by atoms with E-state index in [9.17, 15) is 23.5 Å². The highest BCUT2D eigenvalue weighted by Gasteiger charge is 2.52. The minimum Gasteiger partial charge on any atom is -0.469 e. The Morgan fingerprint density at radius 3 is 2.62 bits per heavy atom. The summed E-state index contributed by atoms with van der Waals surface area (Å²) >= 11 is 0. The number of rotatable bonds is 14. The molecule has 1 heterocycles. The predicted molar refractivity (Wildman–Crippen MR) is 119 cm³/mol. The number of benzene rings is 1. The Morgan fingerprint density at radius 1 is 1.19 bits per heavy atom. The van der Waals surface area contributed by atoms with E-state index in [0.717, 1.165) is 32.1 Å². The van der Waals surface area contributed by atoms with Gasteiger partial charge in [0.25, 0.3) is 5.91 Å². The molecule has 1 aromatic carbocycles. The van der Waals surface area contributed by atoms with E-state index in [1.807, 2.05) is 18.2 Å². The van der Waals surface area contributed by atoms with Gasteiger partial charge in [-0.05, 0) is 37.7 Å². The second-order valence-electron chi connectivity index (χ2n) is 8.40. The molecule has 7 heteroatoms. The van der Waals surface area contributed by atoms with Crippen LogP contribution < -0.4 is 0 Å². The lowest BCUT2D eigenvalue weighted by Gasteiger charge is -2.22.